The standard InChI is InChI=1S/C8H15NO3/c1-3-6-12-8(2,4-5-9)7(10)11/h5,9H,3-4,6H2,1-2H3,(H,10,11). The minimum absolute atomic E-state index is 0.113. The fourth-order valence-corrected chi connectivity index (χ4v) is 0.730. The Labute approximate surface area is 72.0 Å². The molecular formula is C8H15NO3. The second-order valence-corrected chi connectivity index (χ2v) is 2.79. The van der Waals surface area contributed by atoms with Gasteiger partial charge in [-0.15, -0.1) is 0 Å². The molecule has 1 unspecified atom stereocenters. The van der Waals surface area contributed by atoms with E-state index in [2.05, 4.69) is 0 Å². The first kappa shape index (κ1) is 11.1. The number of aliphatic carboxylic acids is 1. The molecule has 0 aromatic carbocycles. The second-order valence-electron chi connectivity index (χ2n) is 2.79. The van der Waals surface area contributed by atoms with Crippen LogP contribution < -0.4 is 0 Å². The zero-order valence-electron chi connectivity index (χ0n) is 7.46. The molecule has 4 nitrogen and oxygen atoms in total. The van der Waals surface area contributed by atoms with Crippen molar-refractivity contribution in [1.29, 1.82) is 5.41 Å². The van der Waals surface area contributed by atoms with Crippen molar-refractivity contribution in [1.82, 2.24) is 0 Å². The van der Waals surface area contributed by atoms with Gasteiger partial charge in [0.15, 0.2) is 5.60 Å². The van der Waals surface area contributed by atoms with Crippen molar-refractivity contribution in [3.05, 3.63) is 0 Å². The van der Waals surface area contributed by atoms with Gasteiger partial charge in [0, 0.05) is 13.0 Å². The fraction of sp³-hybridized carbons (Fsp3) is 0.750. The van der Waals surface area contributed by atoms with Gasteiger partial charge in [-0.25, -0.2) is 4.79 Å². The maximum absolute atomic E-state index is 10.7. The average molecular weight is 173 g/mol. The Morgan fingerprint density at radius 3 is 2.67 bits per heavy atom. The highest BCUT2D eigenvalue weighted by Gasteiger charge is 2.32. The van der Waals surface area contributed by atoms with E-state index in [1.54, 1.807) is 0 Å². The molecule has 0 aliphatic carbocycles. The summed E-state index contributed by atoms with van der Waals surface area (Å²) in [5.74, 6) is -1.01. The first-order valence-corrected chi connectivity index (χ1v) is 3.93. The molecule has 0 saturated heterocycles. The monoisotopic (exact) mass is 173 g/mol. The van der Waals surface area contributed by atoms with Crippen LogP contribution in [0.25, 0.3) is 0 Å². The summed E-state index contributed by atoms with van der Waals surface area (Å²) in [5, 5.41) is 15.6. The van der Waals surface area contributed by atoms with E-state index >= 15 is 0 Å². The zero-order valence-corrected chi connectivity index (χ0v) is 7.46. The molecule has 4 heteroatoms. The van der Waals surface area contributed by atoms with E-state index in [4.69, 9.17) is 15.3 Å². The second kappa shape index (κ2) is 4.87. The molecule has 0 heterocycles. The molecule has 0 spiro atoms. The third-order valence-corrected chi connectivity index (χ3v) is 1.57. The van der Waals surface area contributed by atoms with E-state index < -0.39 is 11.6 Å². The predicted octanol–water partition coefficient (Wildman–Crippen LogP) is 1.30. The SMILES string of the molecule is CCCOC(C)(CC=N)C(=O)O. The fourth-order valence-electron chi connectivity index (χ4n) is 0.730. The highest BCUT2D eigenvalue weighted by molar-refractivity contribution is 5.80. The summed E-state index contributed by atoms with van der Waals surface area (Å²) in [5.41, 5.74) is -1.22. The first-order valence-electron chi connectivity index (χ1n) is 3.93. The summed E-state index contributed by atoms with van der Waals surface area (Å²) < 4.78 is 5.13. The Kier molecular flexibility index (Phi) is 4.51. The highest BCUT2D eigenvalue weighted by atomic mass is 16.5. The van der Waals surface area contributed by atoms with Crippen LogP contribution in [0, 0.1) is 5.41 Å². The van der Waals surface area contributed by atoms with Crippen molar-refractivity contribution in [2.45, 2.75) is 32.3 Å². The van der Waals surface area contributed by atoms with E-state index in [0.29, 0.717) is 6.61 Å². The molecule has 12 heavy (non-hydrogen) atoms. The molecule has 0 fully saturated rings. The predicted molar refractivity (Wildman–Crippen MR) is 45.7 cm³/mol. The molecule has 0 aliphatic heterocycles. The minimum Gasteiger partial charge on any atom is -0.479 e. The number of nitrogens with one attached hydrogen (secondary N) is 1. The third-order valence-electron chi connectivity index (χ3n) is 1.57. The quantitative estimate of drug-likeness (QED) is 0.594. The molecule has 0 rings (SSSR count). The van der Waals surface area contributed by atoms with Gasteiger partial charge in [0.05, 0.1) is 0 Å². The number of rotatable bonds is 6. The number of hydrogen-bond donors (Lipinski definition) is 2. The van der Waals surface area contributed by atoms with Gasteiger partial charge < -0.3 is 15.3 Å². The van der Waals surface area contributed by atoms with Crippen molar-refractivity contribution in [2.75, 3.05) is 6.61 Å². The van der Waals surface area contributed by atoms with Gasteiger partial charge in [-0.3, -0.25) is 0 Å². The lowest BCUT2D eigenvalue weighted by Gasteiger charge is -2.22. The van der Waals surface area contributed by atoms with E-state index in [1.807, 2.05) is 6.92 Å². The number of carboxylic acids is 1. The molecule has 2 N–H and O–H groups in total. The Hall–Kier alpha value is -0.900. The van der Waals surface area contributed by atoms with Crippen LogP contribution in [0.3, 0.4) is 0 Å². The average Bonchev–Trinajstić information content (AvgIpc) is 2.01. The number of ether oxygens (including phenoxy) is 1. The summed E-state index contributed by atoms with van der Waals surface area (Å²) >= 11 is 0. The van der Waals surface area contributed by atoms with Gasteiger partial charge in [-0.05, 0) is 19.6 Å². The van der Waals surface area contributed by atoms with Crippen molar-refractivity contribution < 1.29 is 14.6 Å². The number of carbonyl (C=O) groups is 1. The summed E-state index contributed by atoms with van der Waals surface area (Å²) in [4.78, 5) is 10.7. The van der Waals surface area contributed by atoms with Gasteiger partial charge >= 0.3 is 5.97 Å². The summed E-state index contributed by atoms with van der Waals surface area (Å²) in [6.07, 6.45) is 1.95. The summed E-state index contributed by atoms with van der Waals surface area (Å²) in [6, 6.07) is 0. The molecule has 1 atom stereocenters. The van der Waals surface area contributed by atoms with Crippen LogP contribution in [0.1, 0.15) is 26.7 Å². The van der Waals surface area contributed by atoms with Gasteiger partial charge in [-0.1, -0.05) is 6.92 Å². The van der Waals surface area contributed by atoms with Crippen LogP contribution in [-0.4, -0.2) is 29.5 Å². The topological polar surface area (TPSA) is 70.4 Å². The summed E-state index contributed by atoms with van der Waals surface area (Å²) in [6.45, 7) is 3.80. The van der Waals surface area contributed by atoms with Crippen LogP contribution in [0.2, 0.25) is 0 Å². The van der Waals surface area contributed by atoms with Gasteiger partial charge in [0.1, 0.15) is 0 Å². The van der Waals surface area contributed by atoms with Crippen molar-refractivity contribution in [2.24, 2.45) is 0 Å². The molecular weight excluding hydrogens is 158 g/mol. The largest absolute Gasteiger partial charge is 0.479 e. The zero-order chi connectivity index (χ0) is 9.61. The molecule has 0 amide bonds. The van der Waals surface area contributed by atoms with Crippen molar-refractivity contribution in [3.8, 4) is 0 Å². The van der Waals surface area contributed by atoms with Crippen LogP contribution in [-0.2, 0) is 9.53 Å². The maximum Gasteiger partial charge on any atom is 0.336 e. The van der Waals surface area contributed by atoms with E-state index in [-0.39, 0.29) is 6.42 Å². The normalized spacial score (nSPS) is 15.2. The van der Waals surface area contributed by atoms with Gasteiger partial charge in [0.25, 0.3) is 0 Å². The van der Waals surface area contributed by atoms with Crippen molar-refractivity contribution >= 4 is 12.2 Å². The van der Waals surface area contributed by atoms with Crippen LogP contribution in [0.5, 0.6) is 0 Å². The number of hydrogen-bond acceptors (Lipinski definition) is 3. The van der Waals surface area contributed by atoms with Crippen LogP contribution in [0.4, 0.5) is 0 Å². The minimum atomic E-state index is -1.22. The molecule has 0 aromatic rings. The smallest absolute Gasteiger partial charge is 0.336 e. The van der Waals surface area contributed by atoms with Crippen LogP contribution in [0.15, 0.2) is 0 Å². The number of carboxylic acid groups (broad SMARTS) is 1. The van der Waals surface area contributed by atoms with E-state index in [9.17, 15) is 4.79 Å². The Bertz CT molecular complexity index is 170. The maximum atomic E-state index is 10.7. The highest BCUT2D eigenvalue weighted by Crippen LogP contribution is 2.14. The Balaban J connectivity index is 4.17. The van der Waals surface area contributed by atoms with Crippen molar-refractivity contribution in [3.63, 3.8) is 0 Å². The summed E-state index contributed by atoms with van der Waals surface area (Å²) in [7, 11) is 0. The molecule has 0 aliphatic rings. The Morgan fingerprint density at radius 1 is 1.75 bits per heavy atom. The molecule has 0 aromatic heterocycles. The lowest BCUT2D eigenvalue weighted by Crippen LogP contribution is -2.38. The third kappa shape index (κ3) is 3.00. The van der Waals surface area contributed by atoms with E-state index in [1.165, 1.54) is 6.92 Å². The molecule has 0 radical (unpaired) electrons. The van der Waals surface area contributed by atoms with Gasteiger partial charge in [-0.2, -0.15) is 0 Å². The molecule has 0 bridgehead atoms. The van der Waals surface area contributed by atoms with E-state index in [0.717, 1.165) is 12.6 Å². The Morgan fingerprint density at radius 2 is 2.33 bits per heavy atom. The lowest BCUT2D eigenvalue weighted by molar-refractivity contribution is -0.162. The van der Waals surface area contributed by atoms with Crippen LogP contribution >= 0.6 is 0 Å². The van der Waals surface area contributed by atoms with Gasteiger partial charge in [0.2, 0.25) is 0 Å². The molecule has 0 saturated carbocycles. The molecule has 70 valence electrons. The first-order chi connectivity index (χ1) is 5.56. The lowest BCUT2D eigenvalue weighted by atomic mass is 10.0.